The topological polar surface area (TPSA) is 111 Å². The number of carbonyl (C=O) groups excluding carboxylic acids is 2. The molecule has 1 amide bonds. The maximum absolute atomic E-state index is 11.8. The van der Waals surface area contributed by atoms with Crippen LogP contribution in [0.5, 0.6) is 0 Å². The van der Waals surface area contributed by atoms with Gasteiger partial charge in [0.15, 0.2) is 6.61 Å². The number of anilines is 1. The number of ether oxygens (including phenoxy) is 1. The van der Waals surface area contributed by atoms with Gasteiger partial charge in [0.2, 0.25) is 0 Å². The SMILES string of the molecule is O=C(COC(=O)c1ccc(Cl)nc1)Nc1cc(Cl)ccc1[N+](=O)[O-]. The average molecular weight is 370 g/mol. The molecule has 0 radical (unpaired) electrons. The molecule has 0 unspecified atom stereocenters. The predicted molar refractivity (Wildman–Crippen MR) is 86.3 cm³/mol. The van der Waals surface area contributed by atoms with Crippen molar-refractivity contribution < 1.29 is 19.2 Å². The fourth-order valence-electron chi connectivity index (χ4n) is 1.66. The Morgan fingerprint density at radius 2 is 2.00 bits per heavy atom. The van der Waals surface area contributed by atoms with Crippen molar-refractivity contribution in [1.29, 1.82) is 0 Å². The van der Waals surface area contributed by atoms with Crippen LogP contribution >= 0.6 is 23.2 Å². The molecule has 0 aliphatic rings. The van der Waals surface area contributed by atoms with Crippen LogP contribution in [0.4, 0.5) is 11.4 Å². The van der Waals surface area contributed by atoms with E-state index in [2.05, 4.69) is 10.3 Å². The second kappa shape index (κ2) is 7.71. The van der Waals surface area contributed by atoms with Gasteiger partial charge in [-0.3, -0.25) is 14.9 Å². The number of pyridine rings is 1. The summed E-state index contributed by atoms with van der Waals surface area (Å²) in [6.07, 6.45) is 1.20. The lowest BCUT2D eigenvalue weighted by atomic mass is 10.2. The van der Waals surface area contributed by atoms with E-state index in [9.17, 15) is 19.7 Å². The smallest absolute Gasteiger partial charge is 0.340 e. The van der Waals surface area contributed by atoms with Gasteiger partial charge in [-0.15, -0.1) is 0 Å². The molecule has 0 atom stereocenters. The largest absolute Gasteiger partial charge is 0.452 e. The van der Waals surface area contributed by atoms with Crippen LogP contribution in [-0.2, 0) is 9.53 Å². The fourth-order valence-corrected chi connectivity index (χ4v) is 1.95. The lowest BCUT2D eigenvalue weighted by molar-refractivity contribution is -0.383. The maximum atomic E-state index is 11.8. The van der Waals surface area contributed by atoms with Gasteiger partial charge in [0.05, 0.1) is 10.5 Å². The van der Waals surface area contributed by atoms with Crippen LogP contribution in [0.3, 0.4) is 0 Å². The number of nitrogens with one attached hydrogen (secondary N) is 1. The molecule has 2 rings (SSSR count). The quantitative estimate of drug-likeness (QED) is 0.375. The average Bonchev–Trinajstić information content (AvgIpc) is 2.53. The van der Waals surface area contributed by atoms with Crippen molar-refractivity contribution >= 4 is 46.5 Å². The first-order valence-electron chi connectivity index (χ1n) is 6.39. The van der Waals surface area contributed by atoms with Gasteiger partial charge in [-0.2, -0.15) is 0 Å². The number of halogens is 2. The monoisotopic (exact) mass is 369 g/mol. The summed E-state index contributed by atoms with van der Waals surface area (Å²) in [7, 11) is 0. The number of nitrogens with zero attached hydrogens (tertiary/aromatic N) is 2. The molecule has 1 aromatic carbocycles. The molecule has 124 valence electrons. The van der Waals surface area contributed by atoms with E-state index in [-0.39, 0.29) is 27.1 Å². The third kappa shape index (κ3) is 4.64. The molecule has 24 heavy (non-hydrogen) atoms. The molecule has 2 aromatic rings. The van der Waals surface area contributed by atoms with Gasteiger partial charge in [0, 0.05) is 17.3 Å². The van der Waals surface area contributed by atoms with Crippen molar-refractivity contribution in [3.63, 3.8) is 0 Å². The fraction of sp³-hybridized carbons (Fsp3) is 0.0714. The van der Waals surface area contributed by atoms with Crippen LogP contribution in [-0.4, -0.2) is 28.4 Å². The van der Waals surface area contributed by atoms with Gasteiger partial charge in [-0.05, 0) is 24.3 Å². The zero-order valence-electron chi connectivity index (χ0n) is 11.9. The summed E-state index contributed by atoms with van der Waals surface area (Å²) in [4.78, 5) is 37.5. The van der Waals surface area contributed by atoms with E-state index >= 15 is 0 Å². The second-order valence-corrected chi connectivity index (χ2v) is 5.24. The number of carbonyl (C=O) groups is 2. The van der Waals surface area contributed by atoms with Crippen LogP contribution < -0.4 is 5.32 Å². The number of nitro benzene ring substituents is 1. The van der Waals surface area contributed by atoms with Crippen molar-refractivity contribution in [2.75, 3.05) is 11.9 Å². The number of rotatable bonds is 5. The highest BCUT2D eigenvalue weighted by atomic mass is 35.5. The van der Waals surface area contributed by atoms with E-state index in [0.29, 0.717) is 0 Å². The van der Waals surface area contributed by atoms with E-state index in [1.165, 1.54) is 30.5 Å². The Hall–Kier alpha value is -2.71. The van der Waals surface area contributed by atoms with Crippen molar-refractivity contribution in [3.8, 4) is 0 Å². The number of nitro groups is 1. The summed E-state index contributed by atoms with van der Waals surface area (Å²) in [5.41, 5.74) is -0.316. The Morgan fingerprint density at radius 3 is 2.62 bits per heavy atom. The van der Waals surface area contributed by atoms with E-state index < -0.39 is 23.4 Å². The van der Waals surface area contributed by atoms with Crippen LogP contribution in [0.1, 0.15) is 10.4 Å². The van der Waals surface area contributed by atoms with Gasteiger partial charge in [0.1, 0.15) is 10.8 Å². The van der Waals surface area contributed by atoms with Crippen LogP contribution in [0.2, 0.25) is 10.2 Å². The Bertz CT molecular complexity index is 795. The lowest BCUT2D eigenvalue weighted by Gasteiger charge is -2.07. The molecule has 1 aromatic heterocycles. The van der Waals surface area contributed by atoms with Gasteiger partial charge in [0.25, 0.3) is 11.6 Å². The molecule has 0 spiro atoms. The summed E-state index contributed by atoms with van der Waals surface area (Å²) in [5.74, 6) is -1.54. The molecule has 10 heteroatoms. The van der Waals surface area contributed by atoms with E-state index in [1.807, 2.05) is 0 Å². The Balaban J connectivity index is 1.99. The third-order valence-electron chi connectivity index (χ3n) is 2.73. The summed E-state index contributed by atoms with van der Waals surface area (Å²) < 4.78 is 4.80. The summed E-state index contributed by atoms with van der Waals surface area (Å²) in [6, 6.07) is 6.49. The number of aromatic nitrogens is 1. The molecular weight excluding hydrogens is 361 g/mol. The highest BCUT2D eigenvalue weighted by molar-refractivity contribution is 6.31. The molecule has 0 saturated carbocycles. The molecule has 0 fully saturated rings. The third-order valence-corrected chi connectivity index (χ3v) is 3.19. The van der Waals surface area contributed by atoms with E-state index in [1.54, 1.807) is 0 Å². The lowest BCUT2D eigenvalue weighted by Crippen LogP contribution is -2.21. The Labute approximate surface area is 145 Å². The number of amides is 1. The van der Waals surface area contributed by atoms with Gasteiger partial charge in [-0.1, -0.05) is 23.2 Å². The van der Waals surface area contributed by atoms with Gasteiger partial charge < -0.3 is 10.1 Å². The van der Waals surface area contributed by atoms with Crippen LogP contribution in [0.15, 0.2) is 36.5 Å². The normalized spacial score (nSPS) is 10.1. The minimum Gasteiger partial charge on any atom is -0.452 e. The van der Waals surface area contributed by atoms with Gasteiger partial charge in [-0.25, -0.2) is 9.78 Å². The molecule has 0 aliphatic carbocycles. The standard InChI is InChI=1S/C14H9Cl2N3O5/c15-9-2-3-11(19(22)23)10(5-9)18-13(20)7-24-14(21)8-1-4-12(16)17-6-8/h1-6H,7H2,(H,18,20). The predicted octanol–water partition coefficient (Wildman–Crippen LogP) is 3.09. The number of esters is 1. The molecule has 1 heterocycles. The highest BCUT2D eigenvalue weighted by Gasteiger charge is 2.17. The molecule has 1 N–H and O–H groups in total. The Kier molecular flexibility index (Phi) is 5.67. The second-order valence-electron chi connectivity index (χ2n) is 4.41. The van der Waals surface area contributed by atoms with E-state index in [4.69, 9.17) is 27.9 Å². The van der Waals surface area contributed by atoms with E-state index in [0.717, 1.165) is 6.07 Å². The van der Waals surface area contributed by atoms with Crippen molar-refractivity contribution in [3.05, 3.63) is 62.4 Å². The van der Waals surface area contributed by atoms with Crippen LogP contribution in [0.25, 0.3) is 0 Å². The summed E-state index contributed by atoms with van der Waals surface area (Å²) in [6.45, 7) is -0.634. The van der Waals surface area contributed by atoms with Gasteiger partial charge >= 0.3 is 5.97 Å². The van der Waals surface area contributed by atoms with Crippen LogP contribution in [0, 0.1) is 10.1 Å². The first-order chi connectivity index (χ1) is 11.4. The molecule has 0 aliphatic heterocycles. The maximum Gasteiger partial charge on any atom is 0.340 e. The number of benzene rings is 1. The molecule has 0 saturated heterocycles. The summed E-state index contributed by atoms with van der Waals surface area (Å²) >= 11 is 11.3. The molecular formula is C14H9Cl2N3O5. The number of hydrogen-bond donors (Lipinski definition) is 1. The molecule has 0 bridgehead atoms. The Morgan fingerprint density at radius 1 is 1.25 bits per heavy atom. The zero-order valence-corrected chi connectivity index (χ0v) is 13.4. The van der Waals surface area contributed by atoms with Crippen molar-refractivity contribution in [2.45, 2.75) is 0 Å². The first-order valence-corrected chi connectivity index (χ1v) is 7.15. The summed E-state index contributed by atoms with van der Waals surface area (Å²) in [5, 5.41) is 13.6. The molecule has 8 nitrogen and oxygen atoms in total. The van der Waals surface area contributed by atoms with Crippen molar-refractivity contribution in [2.24, 2.45) is 0 Å². The number of hydrogen-bond acceptors (Lipinski definition) is 6. The highest BCUT2D eigenvalue weighted by Crippen LogP contribution is 2.27. The first kappa shape index (κ1) is 17.6. The minimum absolute atomic E-state index is 0.0956. The van der Waals surface area contributed by atoms with Crippen molar-refractivity contribution in [1.82, 2.24) is 4.98 Å². The minimum atomic E-state index is -0.782. The zero-order chi connectivity index (χ0) is 17.7.